The van der Waals surface area contributed by atoms with Gasteiger partial charge in [-0.1, -0.05) is 0 Å². The predicted octanol–water partition coefficient (Wildman–Crippen LogP) is 1.14. The first-order chi connectivity index (χ1) is 13.3. The Morgan fingerprint density at radius 1 is 1.29 bits per heavy atom. The average Bonchev–Trinajstić information content (AvgIpc) is 3.23. The fraction of sp³-hybridized carbons (Fsp3) is 0.444. The number of nitrogens with zero attached hydrogens (tertiary/aromatic N) is 2. The molecule has 7 nitrogen and oxygen atoms in total. The maximum Gasteiger partial charge on any atom is 0.306 e. The summed E-state index contributed by atoms with van der Waals surface area (Å²) in [6.45, 7) is 0. The van der Waals surface area contributed by atoms with E-state index in [0.29, 0.717) is 11.8 Å². The smallest absolute Gasteiger partial charge is 0.306 e. The van der Waals surface area contributed by atoms with Crippen LogP contribution in [0.25, 0.3) is 0 Å². The number of hydrogen-bond donors (Lipinski definition) is 3. The maximum atomic E-state index is 14.1. The number of aliphatic hydroxyl groups is 1. The van der Waals surface area contributed by atoms with E-state index in [4.69, 9.17) is 4.74 Å². The Kier molecular flexibility index (Phi) is 6.01. The minimum absolute atomic E-state index is 0.0344. The Hall–Kier alpha value is -2.43. The molecule has 2 heterocycles. The standard InChI is InChI=1S/C18H21F3N4O3/c1-25-15(3-4-22-25)10(7-16(26)28-2)17-14(23-24-18(17)27)6-9-5-12(20)13(21)8-11(9)19/h3-5,8,10,14,17-18,23-24,27H,6-7H2,1-2H3. The molecule has 0 amide bonds. The molecule has 1 aliphatic heterocycles. The van der Waals surface area contributed by atoms with Gasteiger partial charge in [-0.2, -0.15) is 5.10 Å². The second-order valence-corrected chi connectivity index (χ2v) is 6.75. The Morgan fingerprint density at radius 2 is 2.00 bits per heavy atom. The minimum Gasteiger partial charge on any atom is -0.469 e. The molecule has 0 radical (unpaired) electrons. The van der Waals surface area contributed by atoms with Crippen LogP contribution < -0.4 is 10.9 Å². The number of carbonyl (C=O) groups is 1. The zero-order valence-electron chi connectivity index (χ0n) is 15.3. The molecule has 0 aliphatic carbocycles. The Morgan fingerprint density at radius 3 is 2.64 bits per heavy atom. The molecule has 0 saturated carbocycles. The van der Waals surface area contributed by atoms with Crippen LogP contribution in [0.5, 0.6) is 0 Å². The summed E-state index contributed by atoms with van der Waals surface area (Å²) in [5.74, 6) is -4.90. The van der Waals surface area contributed by atoms with Gasteiger partial charge in [0.1, 0.15) is 12.0 Å². The lowest BCUT2D eigenvalue weighted by Gasteiger charge is -2.29. The zero-order chi connectivity index (χ0) is 20.4. The van der Waals surface area contributed by atoms with E-state index in [0.717, 1.165) is 6.07 Å². The fourth-order valence-electron chi connectivity index (χ4n) is 3.70. The van der Waals surface area contributed by atoms with Crippen LogP contribution >= 0.6 is 0 Å². The molecule has 1 saturated heterocycles. The number of hydrazine groups is 1. The highest BCUT2D eigenvalue weighted by molar-refractivity contribution is 5.70. The molecule has 0 spiro atoms. The molecule has 3 rings (SSSR count). The number of benzene rings is 1. The number of hydrogen-bond acceptors (Lipinski definition) is 6. The highest BCUT2D eigenvalue weighted by Crippen LogP contribution is 2.36. The Balaban J connectivity index is 1.92. The van der Waals surface area contributed by atoms with Gasteiger partial charge in [-0.3, -0.25) is 14.9 Å². The number of nitrogens with one attached hydrogen (secondary N) is 2. The van der Waals surface area contributed by atoms with Crippen molar-refractivity contribution >= 4 is 5.97 Å². The largest absolute Gasteiger partial charge is 0.469 e. The first kappa shape index (κ1) is 20.3. The van der Waals surface area contributed by atoms with Crippen LogP contribution in [-0.2, 0) is 23.0 Å². The van der Waals surface area contributed by atoms with Crippen LogP contribution in [0.2, 0.25) is 0 Å². The van der Waals surface area contributed by atoms with Gasteiger partial charge in [-0.25, -0.2) is 18.6 Å². The number of methoxy groups -OCH3 is 1. The Bertz CT molecular complexity index is 861. The normalized spacial score (nSPS) is 23.0. The van der Waals surface area contributed by atoms with Gasteiger partial charge in [0.25, 0.3) is 0 Å². The molecule has 4 atom stereocenters. The van der Waals surface area contributed by atoms with Crippen molar-refractivity contribution < 1.29 is 27.8 Å². The topological polar surface area (TPSA) is 88.4 Å². The molecule has 1 aromatic carbocycles. The molecule has 3 N–H and O–H groups in total. The molecule has 2 aromatic rings. The van der Waals surface area contributed by atoms with Crippen LogP contribution in [0.1, 0.15) is 23.6 Å². The minimum atomic E-state index is -1.27. The van der Waals surface area contributed by atoms with Gasteiger partial charge >= 0.3 is 5.97 Å². The molecule has 0 bridgehead atoms. The quantitative estimate of drug-likeness (QED) is 0.500. The number of halogens is 3. The molecule has 1 fully saturated rings. The summed E-state index contributed by atoms with van der Waals surface area (Å²) in [7, 11) is 2.96. The molecule has 1 aliphatic rings. The zero-order valence-corrected chi connectivity index (χ0v) is 15.3. The number of aryl methyl sites for hydroxylation is 1. The number of rotatable bonds is 6. The molecule has 4 unspecified atom stereocenters. The summed E-state index contributed by atoms with van der Waals surface area (Å²) in [5, 5.41) is 14.6. The summed E-state index contributed by atoms with van der Waals surface area (Å²) in [5.41, 5.74) is 6.16. The van der Waals surface area contributed by atoms with E-state index < -0.39 is 47.5 Å². The van der Waals surface area contributed by atoms with E-state index in [9.17, 15) is 23.1 Å². The Labute approximate surface area is 159 Å². The first-order valence-corrected chi connectivity index (χ1v) is 8.69. The molecule has 1 aromatic heterocycles. The van der Waals surface area contributed by atoms with Crippen molar-refractivity contribution in [2.24, 2.45) is 13.0 Å². The number of aromatic nitrogens is 2. The van der Waals surface area contributed by atoms with Gasteiger partial charge in [0.2, 0.25) is 0 Å². The van der Waals surface area contributed by atoms with Crippen LogP contribution in [-0.4, -0.2) is 40.2 Å². The van der Waals surface area contributed by atoms with Gasteiger partial charge in [-0.05, 0) is 24.1 Å². The van der Waals surface area contributed by atoms with E-state index in [1.54, 1.807) is 24.0 Å². The van der Waals surface area contributed by atoms with Crippen molar-refractivity contribution in [3.05, 3.63) is 53.1 Å². The van der Waals surface area contributed by atoms with Crippen LogP contribution in [0.4, 0.5) is 13.2 Å². The summed E-state index contributed by atoms with van der Waals surface area (Å²) in [6.07, 6.45) is 0.416. The molecule has 152 valence electrons. The summed E-state index contributed by atoms with van der Waals surface area (Å²) < 4.78 is 47.2. The summed E-state index contributed by atoms with van der Waals surface area (Å²) in [4.78, 5) is 12.0. The van der Waals surface area contributed by atoms with E-state index in [2.05, 4.69) is 16.0 Å². The third-order valence-electron chi connectivity index (χ3n) is 5.09. The highest BCUT2D eigenvalue weighted by Gasteiger charge is 2.43. The average molecular weight is 398 g/mol. The van der Waals surface area contributed by atoms with Gasteiger partial charge in [0.05, 0.1) is 13.5 Å². The van der Waals surface area contributed by atoms with Crippen molar-refractivity contribution in [3.63, 3.8) is 0 Å². The lowest BCUT2D eigenvalue weighted by molar-refractivity contribution is -0.141. The lowest BCUT2D eigenvalue weighted by Crippen LogP contribution is -2.36. The fourth-order valence-corrected chi connectivity index (χ4v) is 3.70. The van der Waals surface area contributed by atoms with Crippen molar-refractivity contribution in [3.8, 4) is 0 Å². The van der Waals surface area contributed by atoms with Crippen molar-refractivity contribution in [1.82, 2.24) is 20.6 Å². The van der Waals surface area contributed by atoms with E-state index in [-0.39, 0.29) is 18.4 Å². The maximum absolute atomic E-state index is 14.1. The summed E-state index contributed by atoms with van der Waals surface area (Å²) in [6, 6.07) is 2.44. The van der Waals surface area contributed by atoms with Crippen LogP contribution in [0, 0.1) is 23.4 Å². The van der Waals surface area contributed by atoms with Crippen LogP contribution in [0.15, 0.2) is 24.4 Å². The van der Waals surface area contributed by atoms with Crippen molar-refractivity contribution in [1.29, 1.82) is 0 Å². The lowest BCUT2D eigenvalue weighted by atomic mass is 9.79. The SMILES string of the molecule is COC(=O)CC(c1ccnn1C)C1C(O)NNC1Cc1cc(F)c(F)cc1F. The third-order valence-corrected chi connectivity index (χ3v) is 5.09. The predicted molar refractivity (Wildman–Crippen MR) is 92.2 cm³/mol. The van der Waals surface area contributed by atoms with Crippen molar-refractivity contribution in [2.75, 3.05) is 7.11 Å². The van der Waals surface area contributed by atoms with Gasteiger partial charge in [0, 0.05) is 42.9 Å². The van der Waals surface area contributed by atoms with E-state index in [1.807, 2.05) is 0 Å². The van der Waals surface area contributed by atoms with Gasteiger partial charge in [-0.15, -0.1) is 0 Å². The van der Waals surface area contributed by atoms with E-state index >= 15 is 0 Å². The third kappa shape index (κ3) is 4.03. The number of carbonyl (C=O) groups excluding carboxylic acids is 1. The van der Waals surface area contributed by atoms with Crippen molar-refractivity contribution in [2.45, 2.75) is 31.0 Å². The number of aliphatic hydroxyl groups excluding tert-OH is 1. The molecular formula is C18H21F3N4O3. The monoisotopic (exact) mass is 398 g/mol. The first-order valence-electron chi connectivity index (χ1n) is 8.69. The second-order valence-electron chi connectivity index (χ2n) is 6.75. The molecule has 28 heavy (non-hydrogen) atoms. The summed E-state index contributed by atoms with van der Waals surface area (Å²) >= 11 is 0. The second kappa shape index (κ2) is 8.29. The van der Waals surface area contributed by atoms with Gasteiger partial charge < -0.3 is 9.84 Å². The van der Waals surface area contributed by atoms with Crippen LogP contribution in [0.3, 0.4) is 0 Å². The van der Waals surface area contributed by atoms with Gasteiger partial charge in [0.15, 0.2) is 11.6 Å². The molecular weight excluding hydrogens is 377 g/mol. The highest BCUT2D eigenvalue weighted by atomic mass is 19.2. The number of ether oxygens (including phenoxy) is 1. The number of esters is 1. The molecule has 10 heteroatoms. The van der Waals surface area contributed by atoms with E-state index in [1.165, 1.54) is 7.11 Å².